The van der Waals surface area contributed by atoms with Gasteiger partial charge in [-0.15, -0.1) is 11.3 Å². The van der Waals surface area contributed by atoms with Crippen molar-refractivity contribution in [3.05, 3.63) is 51.2 Å². The summed E-state index contributed by atoms with van der Waals surface area (Å²) in [7, 11) is 0. The van der Waals surface area contributed by atoms with Gasteiger partial charge in [-0.05, 0) is 37.5 Å². The maximum absolute atomic E-state index is 12.9. The molecule has 3 rings (SSSR count). The highest BCUT2D eigenvalue weighted by atomic mass is 32.1. The summed E-state index contributed by atoms with van der Waals surface area (Å²) in [6, 6.07) is 6.12. The smallest absolute Gasteiger partial charge is 0.306 e. The number of hydrogen-bond donors (Lipinski definition) is 2. The normalized spacial score (nSPS) is 19.6. The average molecular weight is 348 g/mol. The first-order chi connectivity index (χ1) is 11.4. The van der Waals surface area contributed by atoms with Gasteiger partial charge in [0.1, 0.15) is 10.7 Å². The molecule has 1 saturated carbocycles. The molecule has 2 aromatic rings. The molecule has 0 saturated heterocycles. The van der Waals surface area contributed by atoms with E-state index >= 15 is 0 Å². The topological polar surface area (TPSA) is 79.3 Å². The molecule has 0 radical (unpaired) electrons. The zero-order chi connectivity index (χ0) is 17.3. The first-order valence-electron chi connectivity index (χ1n) is 7.67. The van der Waals surface area contributed by atoms with Crippen LogP contribution in [0, 0.1) is 18.7 Å². The van der Waals surface area contributed by atoms with Gasteiger partial charge in [0.2, 0.25) is 0 Å². The number of nitrogens with zero attached hydrogens (tertiary/aromatic N) is 1. The second-order valence-corrected chi connectivity index (χ2v) is 7.09. The largest absolute Gasteiger partial charge is 0.481 e. The maximum atomic E-state index is 12.9. The van der Waals surface area contributed by atoms with E-state index in [1.54, 1.807) is 19.1 Å². The minimum absolute atomic E-state index is 0.0827. The molecule has 5 nitrogen and oxygen atoms in total. The molecule has 0 bridgehead atoms. The van der Waals surface area contributed by atoms with E-state index in [4.69, 9.17) is 5.11 Å². The second-order valence-electron chi connectivity index (χ2n) is 6.00. The average Bonchev–Trinajstić information content (AvgIpc) is 2.85. The molecule has 2 N–H and O–H groups in total. The summed E-state index contributed by atoms with van der Waals surface area (Å²) in [6.45, 7) is 1.78. The number of benzene rings is 1. The van der Waals surface area contributed by atoms with Crippen LogP contribution in [0.4, 0.5) is 4.39 Å². The van der Waals surface area contributed by atoms with Crippen LogP contribution in [0.2, 0.25) is 0 Å². The predicted octanol–water partition coefficient (Wildman–Crippen LogP) is 2.77. The van der Waals surface area contributed by atoms with Crippen molar-refractivity contribution in [3.63, 3.8) is 0 Å². The lowest BCUT2D eigenvalue weighted by Crippen LogP contribution is -2.46. The number of carboxylic acid groups (broad SMARTS) is 1. The summed E-state index contributed by atoms with van der Waals surface area (Å²) in [5, 5.41) is 12.5. The van der Waals surface area contributed by atoms with Gasteiger partial charge in [0.15, 0.2) is 0 Å². The van der Waals surface area contributed by atoms with Gasteiger partial charge in [-0.2, -0.15) is 0 Å². The van der Waals surface area contributed by atoms with Crippen LogP contribution in [0.3, 0.4) is 0 Å². The lowest BCUT2D eigenvalue weighted by Gasteiger charge is -2.32. The van der Waals surface area contributed by atoms with E-state index in [9.17, 15) is 14.0 Å². The first kappa shape index (κ1) is 16.6. The third-order valence-electron chi connectivity index (χ3n) is 4.14. The molecule has 1 aromatic heterocycles. The van der Waals surface area contributed by atoms with Gasteiger partial charge >= 0.3 is 5.97 Å². The number of carbonyl (C=O) groups excluding carboxylic acids is 1. The van der Waals surface area contributed by atoms with Gasteiger partial charge in [0, 0.05) is 12.5 Å². The van der Waals surface area contributed by atoms with Crippen molar-refractivity contribution in [2.24, 2.45) is 5.92 Å². The fraction of sp³-hybridized carbons (Fsp3) is 0.353. The second kappa shape index (κ2) is 6.68. The zero-order valence-electron chi connectivity index (χ0n) is 13.1. The fourth-order valence-electron chi connectivity index (χ4n) is 2.70. The van der Waals surface area contributed by atoms with Crippen molar-refractivity contribution in [2.75, 3.05) is 0 Å². The summed E-state index contributed by atoms with van der Waals surface area (Å²) in [5.41, 5.74) is 1.59. The quantitative estimate of drug-likeness (QED) is 0.871. The van der Waals surface area contributed by atoms with Crippen LogP contribution in [0.15, 0.2) is 24.3 Å². The van der Waals surface area contributed by atoms with Crippen molar-refractivity contribution in [1.82, 2.24) is 10.3 Å². The minimum atomic E-state index is -0.809. The number of halogens is 1. The van der Waals surface area contributed by atoms with E-state index in [2.05, 4.69) is 10.3 Å². The van der Waals surface area contributed by atoms with Crippen molar-refractivity contribution in [3.8, 4) is 0 Å². The Labute approximate surface area is 142 Å². The standard InChI is InChI=1S/C17H17FN2O3S/c1-9-15(16(21)20-13-7-11(8-13)17(22)23)24-14(19-9)6-10-2-4-12(18)5-3-10/h2-5,11,13H,6-8H2,1H3,(H,20,21)(H,22,23). The summed E-state index contributed by atoms with van der Waals surface area (Å²) in [4.78, 5) is 28.1. The van der Waals surface area contributed by atoms with Crippen molar-refractivity contribution < 1.29 is 19.1 Å². The first-order valence-corrected chi connectivity index (χ1v) is 8.48. The number of aliphatic carboxylic acids is 1. The van der Waals surface area contributed by atoms with Crippen LogP contribution in [-0.4, -0.2) is 28.0 Å². The minimum Gasteiger partial charge on any atom is -0.481 e. The SMILES string of the molecule is Cc1nc(Cc2ccc(F)cc2)sc1C(=O)NC1CC(C(=O)O)C1. The summed E-state index contributed by atoms with van der Waals surface area (Å²) in [6.07, 6.45) is 1.49. The molecule has 1 aliphatic carbocycles. The maximum Gasteiger partial charge on any atom is 0.306 e. The Morgan fingerprint density at radius 2 is 2.00 bits per heavy atom. The van der Waals surface area contributed by atoms with Gasteiger partial charge in [0.25, 0.3) is 5.91 Å². The van der Waals surface area contributed by atoms with Gasteiger partial charge in [0.05, 0.1) is 16.6 Å². The van der Waals surface area contributed by atoms with Crippen molar-refractivity contribution >= 4 is 23.2 Å². The Bertz CT molecular complexity index is 767. The van der Waals surface area contributed by atoms with Crippen LogP contribution in [0.5, 0.6) is 0 Å². The highest BCUT2D eigenvalue weighted by molar-refractivity contribution is 7.13. The fourth-order valence-corrected chi connectivity index (χ4v) is 3.71. The number of nitrogens with one attached hydrogen (secondary N) is 1. The van der Waals surface area contributed by atoms with E-state index < -0.39 is 5.97 Å². The van der Waals surface area contributed by atoms with Crippen LogP contribution in [0.25, 0.3) is 0 Å². The summed E-state index contributed by atoms with van der Waals surface area (Å²) < 4.78 is 12.9. The van der Waals surface area contributed by atoms with Crippen LogP contribution < -0.4 is 5.32 Å². The van der Waals surface area contributed by atoms with Crippen LogP contribution in [0.1, 0.15) is 38.8 Å². The molecule has 0 spiro atoms. The Morgan fingerprint density at radius 3 is 2.62 bits per heavy atom. The van der Waals surface area contributed by atoms with E-state index in [0.29, 0.717) is 29.8 Å². The van der Waals surface area contributed by atoms with Crippen molar-refractivity contribution in [1.29, 1.82) is 0 Å². The molecule has 1 amide bonds. The predicted molar refractivity (Wildman–Crippen MR) is 87.7 cm³/mol. The molecule has 1 aliphatic rings. The van der Waals surface area contributed by atoms with Gasteiger partial charge in [-0.1, -0.05) is 12.1 Å². The molecule has 0 aliphatic heterocycles. The Kier molecular flexibility index (Phi) is 4.62. The van der Waals surface area contributed by atoms with Gasteiger partial charge in [-0.25, -0.2) is 9.37 Å². The molecule has 126 valence electrons. The molecule has 1 heterocycles. The number of rotatable bonds is 5. The number of amides is 1. The molecule has 7 heteroatoms. The molecule has 24 heavy (non-hydrogen) atoms. The van der Waals surface area contributed by atoms with E-state index in [-0.39, 0.29) is 23.7 Å². The lowest BCUT2D eigenvalue weighted by molar-refractivity contribution is -0.145. The molecule has 1 aromatic carbocycles. The molecule has 1 fully saturated rings. The van der Waals surface area contributed by atoms with Gasteiger partial charge in [-0.3, -0.25) is 9.59 Å². The Morgan fingerprint density at radius 1 is 1.33 bits per heavy atom. The third-order valence-corrected chi connectivity index (χ3v) is 5.29. The number of aryl methyl sites for hydroxylation is 1. The summed E-state index contributed by atoms with van der Waals surface area (Å²) >= 11 is 1.32. The van der Waals surface area contributed by atoms with E-state index in [1.807, 2.05) is 0 Å². The van der Waals surface area contributed by atoms with Crippen LogP contribution in [-0.2, 0) is 11.2 Å². The number of carboxylic acids is 1. The third kappa shape index (κ3) is 3.62. The molecular formula is C17H17FN2O3S. The van der Waals surface area contributed by atoms with E-state index in [1.165, 1.54) is 23.5 Å². The Hall–Kier alpha value is -2.28. The number of aromatic nitrogens is 1. The molecular weight excluding hydrogens is 331 g/mol. The van der Waals surface area contributed by atoms with Gasteiger partial charge < -0.3 is 10.4 Å². The highest BCUT2D eigenvalue weighted by Gasteiger charge is 2.35. The Balaban J connectivity index is 1.62. The molecule has 0 atom stereocenters. The monoisotopic (exact) mass is 348 g/mol. The number of thiazole rings is 1. The summed E-state index contributed by atoms with van der Waals surface area (Å²) in [5.74, 6) is -1.65. The zero-order valence-corrected chi connectivity index (χ0v) is 13.9. The van der Waals surface area contributed by atoms with Crippen molar-refractivity contribution in [2.45, 2.75) is 32.2 Å². The molecule has 0 unspecified atom stereocenters. The number of hydrogen-bond acceptors (Lipinski definition) is 4. The van der Waals surface area contributed by atoms with E-state index in [0.717, 1.165) is 10.6 Å². The number of carbonyl (C=O) groups is 2. The van der Waals surface area contributed by atoms with Crippen LogP contribution >= 0.6 is 11.3 Å². The highest BCUT2D eigenvalue weighted by Crippen LogP contribution is 2.28. The lowest BCUT2D eigenvalue weighted by atomic mass is 9.80.